The van der Waals surface area contributed by atoms with Crippen molar-refractivity contribution >= 4 is 22.9 Å². The molecule has 0 bridgehead atoms. The van der Waals surface area contributed by atoms with E-state index in [2.05, 4.69) is 10.3 Å². The molecule has 90 valence electrons. The predicted molar refractivity (Wildman–Crippen MR) is 70.7 cm³/mol. The fourth-order valence-corrected chi connectivity index (χ4v) is 2.37. The first kappa shape index (κ1) is 12.4. The summed E-state index contributed by atoms with van der Waals surface area (Å²) in [5.74, 6) is 0.895. The number of nitrogens with zero attached hydrogens (tertiary/aromatic N) is 1. The van der Waals surface area contributed by atoms with E-state index in [1.54, 1.807) is 6.20 Å². The number of benzene rings is 1. The summed E-state index contributed by atoms with van der Waals surface area (Å²) in [6.07, 6.45) is 1.74. The van der Waals surface area contributed by atoms with Gasteiger partial charge in [-0.25, -0.2) is 4.98 Å². The number of hydrogen-bond donors (Lipinski definition) is 1. The van der Waals surface area contributed by atoms with Crippen molar-refractivity contribution in [1.29, 1.82) is 0 Å². The fraction of sp³-hybridized carbons (Fsp3) is 0.250. The van der Waals surface area contributed by atoms with Crippen molar-refractivity contribution in [2.75, 3.05) is 7.05 Å². The van der Waals surface area contributed by atoms with Gasteiger partial charge in [-0.15, -0.1) is 11.3 Å². The van der Waals surface area contributed by atoms with Crippen molar-refractivity contribution in [2.24, 2.45) is 0 Å². The van der Waals surface area contributed by atoms with Crippen LogP contribution in [0.2, 0.25) is 4.47 Å². The van der Waals surface area contributed by atoms with Gasteiger partial charge in [0.05, 0.1) is 4.88 Å². The number of aromatic nitrogens is 1. The maximum absolute atomic E-state index is 5.77. The molecule has 0 saturated carbocycles. The number of ether oxygens (including phenoxy) is 1. The normalized spacial score (nSPS) is 10.5. The quantitative estimate of drug-likeness (QED) is 0.905. The van der Waals surface area contributed by atoms with Gasteiger partial charge >= 0.3 is 0 Å². The topological polar surface area (TPSA) is 34.1 Å². The second-order valence-corrected chi connectivity index (χ2v) is 5.20. The number of nitrogens with one attached hydrogen (secondary N) is 1. The average Bonchev–Trinajstić information content (AvgIpc) is 2.74. The first-order valence-corrected chi connectivity index (χ1v) is 6.44. The zero-order valence-corrected chi connectivity index (χ0v) is 11.0. The summed E-state index contributed by atoms with van der Waals surface area (Å²) in [7, 11) is 1.92. The van der Waals surface area contributed by atoms with E-state index in [-0.39, 0.29) is 0 Å². The second kappa shape index (κ2) is 6.00. The molecule has 1 aromatic heterocycles. The lowest BCUT2D eigenvalue weighted by Crippen LogP contribution is -2.07. The number of thiazole rings is 1. The van der Waals surface area contributed by atoms with Crippen LogP contribution in [0, 0.1) is 0 Å². The first-order valence-electron chi connectivity index (χ1n) is 5.25. The van der Waals surface area contributed by atoms with E-state index in [0.29, 0.717) is 11.1 Å². The van der Waals surface area contributed by atoms with Crippen LogP contribution < -0.4 is 10.1 Å². The molecule has 1 N–H and O–H groups in total. The van der Waals surface area contributed by atoms with E-state index >= 15 is 0 Å². The van der Waals surface area contributed by atoms with Gasteiger partial charge in [-0.1, -0.05) is 29.8 Å². The Morgan fingerprint density at radius 1 is 1.41 bits per heavy atom. The van der Waals surface area contributed by atoms with Gasteiger partial charge in [-0.2, -0.15) is 0 Å². The Kier molecular flexibility index (Phi) is 4.36. The van der Waals surface area contributed by atoms with Gasteiger partial charge in [0.2, 0.25) is 0 Å². The smallest absolute Gasteiger partial charge is 0.183 e. The Hall–Kier alpha value is -1.10. The third-order valence-corrected chi connectivity index (χ3v) is 3.32. The number of para-hydroxylation sites is 1. The maximum atomic E-state index is 5.77. The number of rotatable bonds is 5. The highest BCUT2D eigenvalue weighted by Gasteiger charge is 2.04. The number of hydrogen-bond acceptors (Lipinski definition) is 4. The molecule has 5 heteroatoms. The molecule has 0 aliphatic heterocycles. The molecule has 0 aliphatic rings. The van der Waals surface area contributed by atoms with E-state index in [1.807, 2.05) is 31.3 Å². The molecule has 0 atom stereocenters. The van der Waals surface area contributed by atoms with Gasteiger partial charge in [0.1, 0.15) is 12.4 Å². The van der Waals surface area contributed by atoms with Crippen LogP contribution >= 0.6 is 22.9 Å². The van der Waals surface area contributed by atoms with Crippen molar-refractivity contribution in [1.82, 2.24) is 10.3 Å². The molecule has 0 saturated heterocycles. The monoisotopic (exact) mass is 268 g/mol. The van der Waals surface area contributed by atoms with Crippen LogP contribution in [0.4, 0.5) is 0 Å². The Labute approximate surface area is 109 Å². The van der Waals surface area contributed by atoms with E-state index in [4.69, 9.17) is 16.3 Å². The standard InChI is InChI=1S/C12H13ClN2OS/c1-14-6-9-4-2-3-5-11(9)16-8-10-7-15-12(13)17-10/h2-5,7,14H,6,8H2,1H3. The van der Waals surface area contributed by atoms with Crippen LogP contribution in [-0.2, 0) is 13.2 Å². The second-order valence-electron chi connectivity index (χ2n) is 3.51. The van der Waals surface area contributed by atoms with Crippen molar-refractivity contribution in [3.8, 4) is 5.75 Å². The zero-order valence-electron chi connectivity index (χ0n) is 9.44. The van der Waals surface area contributed by atoms with Crippen molar-refractivity contribution in [3.05, 3.63) is 45.4 Å². The molecule has 0 radical (unpaired) electrons. The van der Waals surface area contributed by atoms with Crippen LogP contribution in [0.15, 0.2) is 30.5 Å². The molecule has 0 fully saturated rings. The largest absolute Gasteiger partial charge is 0.488 e. The average molecular weight is 269 g/mol. The van der Waals surface area contributed by atoms with Crippen LogP contribution in [-0.4, -0.2) is 12.0 Å². The Morgan fingerprint density at radius 3 is 2.94 bits per heavy atom. The lowest BCUT2D eigenvalue weighted by molar-refractivity contribution is 0.305. The molecule has 2 rings (SSSR count). The highest BCUT2D eigenvalue weighted by Crippen LogP contribution is 2.22. The highest BCUT2D eigenvalue weighted by atomic mass is 35.5. The predicted octanol–water partition coefficient (Wildman–Crippen LogP) is 3.09. The molecule has 3 nitrogen and oxygen atoms in total. The summed E-state index contributed by atoms with van der Waals surface area (Å²) in [4.78, 5) is 5.00. The Balaban J connectivity index is 2.03. The molecular weight excluding hydrogens is 256 g/mol. The molecule has 1 heterocycles. The molecule has 0 amide bonds. The lowest BCUT2D eigenvalue weighted by Gasteiger charge is -2.09. The minimum Gasteiger partial charge on any atom is -0.488 e. The highest BCUT2D eigenvalue weighted by molar-refractivity contribution is 7.15. The van der Waals surface area contributed by atoms with Crippen molar-refractivity contribution < 1.29 is 4.74 Å². The molecule has 0 unspecified atom stereocenters. The summed E-state index contributed by atoms with van der Waals surface area (Å²) < 4.78 is 6.31. The Morgan fingerprint density at radius 2 is 2.24 bits per heavy atom. The fourth-order valence-electron chi connectivity index (χ4n) is 1.48. The number of halogens is 1. The minimum atomic E-state index is 0.505. The molecule has 1 aromatic carbocycles. The van der Waals surface area contributed by atoms with Gasteiger partial charge < -0.3 is 10.1 Å². The van der Waals surface area contributed by atoms with Gasteiger partial charge in [0.15, 0.2) is 4.47 Å². The van der Waals surface area contributed by atoms with E-state index in [0.717, 1.165) is 22.7 Å². The SMILES string of the molecule is CNCc1ccccc1OCc1cnc(Cl)s1. The maximum Gasteiger partial charge on any atom is 0.183 e. The summed E-state index contributed by atoms with van der Waals surface area (Å²) in [6, 6.07) is 7.98. The van der Waals surface area contributed by atoms with Gasteiger partial charge in [-0.3, -0.25) is 0 Å². The summed E-state index contributed by atoms with van der Waals surface area (Å²) >= 11 is 7.20. The third-order valence-electron chi connectivity index (χ3n) is 2.24. The molecular formula is C12H13ClN2OS. The Bertz CT molecular complexity index is 487. The zero-order chi connectivity index (χ0) is 12.1. The van der Waals surface area contributed by atoms with Crippen LogP contribution in [0.25, 0.3) is 0 Å². The van der Waals surface area contributed by atoms with Crippen LogP contribution in [0.5, 0.6) is 5.75 Å². The minimum absolute atomic E-state index is 0.505. The van der Waals surface area contributed by atoms with Crippen LogP contribution in [0.3, 0.4) is 0 Å². The van der Waals surface area contributed by atoms with Gasteiger partial charge in [0.25, 0.3) is 0 Å². The third kappa shape index (κ3) is 3.43. The van der Waals surface area contributed by atoms with Gasteiger partial charge in [0, 0.05) is 18.3 Å². The summed E-state index contributed by atoms with van der Waals surface area (Å²) in [5, 5.41) is 3.12. The van der Waals surface area contributed by atoms with Crippen molar-refractivity contribution in [3.63, 3.8) is 0 Å². The van der Waals surface area contributed by atoms with Gasteiger partial charge in [-0.05, 0) is 13.1 Å². The van der Waals surface area contributed by atoms with E-state index < -0.39 is 0 Å². The van der Waals surface area contributed by atoms with E-state index in [9.17, 15) is 0 Å². The lowest BCUT2D eigenvalue weighted by atomic mass is 10.2. The molecule has 0 spiro atoms. The first-order chi connectivity index (χ1) is 8.29. The summed E-state index contributed by atoms with van der Waals surface area (Å²) in [5.41, 5.74) is 1.14. The van der Waals surface area contributed by atoms with E-state index in [1.165, 1.54) is 11.3 Å². The van der Waals surface area contributed by atoms with Crippen molar-refractivity contribution in [2.45, 2.75) is 13.2 Å². The van der Waals surface area contributed by atoms with Crippen LogP contribution in [0.1, 0.15) is 10.4 Å². The summed E-state index contributed by atoms with van der Waals surface area (Å²) in [6.45, 7) is 1.30. The molecule has 0 aliphatic carbocycles. The molecule has 17 heavy (non-hydrogen) atoms. The molecule has 2 aromatic rings.